The lowest BCUT2D eigenvalue weighted by atomic mass is 9.91. The number of ether oxygens (including phenoxy) is 3. The molecule has 1 aliphatic heterocycles. The van der Waals surface area contributed by atoms with Crippen LogP contribution in [0.2, 0.25) is 0 Å². The van der Waals surface area contributed by atoms with Crippen molar-refractivity contribution in [2.45, 2.75) is 19.8 Å². The third kappa shape index (κ3) is 5.89. The van der Waals surface area contributed by atoms with Crippen molar-refractivity contribution in [2.24, 2.45) is 0 Å². The van der Waals surface area contributed by atoms with E-state index >= 15 is 0 Å². The normalized spacial score (nSPS) is 10.9. The van der Waals surface area contributed by atoms with Crippen molar-refractivity contribution in [3.8, 4) is 33.9 Å². The summed E-state index contributed by atoms with van der Waals surface area (Å²) in [7, 11) is 0. The summed E-state index contributed by atoms with van der Waals surface area (Å²) in [5.74, 6) is 1.21. The minimum atomic E-state index is -0.396. The molecule has 0 amide bonds. The van der Waals surface area contributed by atoms with Crippen molar-refractivity contribution >= 4 is 23.2 Å². The summed E-state index contributed by atoms with van der Waals surface area (Å²) in [5, 5.41) is 0.763. The van der Waals surface area contributed by atoms with E-state index in [4.69, 9.17) is 18.6 Å². The standard InChI is InChI=1S/C33H28O7/c1-2-3-16-39-33(36)27-7-5-4-6-26(27)32-28-14-10-23(35)19-30(28)40-31-20-25(13-15-29(31)32)38-18-17-37-24-11-8-22(21-34)9-12-24/h4-15,19-21H,2-3,16-18H2,1H3. The maximum absolute atomic E-state index is 13.0. The van der Waals surface area contributed by atoms with Crippen molar-refractivity contribution in [1.82, 2.24) is 0 Å². The molecule has 202 valence electrons. The fraction of sp³-hybridized carbons (Fsp3) is 0.182. The zero-order valence-corrected chi connectivity index (χ0v) is 22.1. The fourth-order valence-corrected chi connectivity index (χ4v) is 4.46. The molecule has 0 atom stereocenters. The molecule has 0 N–H and O–H groups in total. The van der Waals surface area contributed by atoms with Gasteiger partial charge in [-0.15, -0.1) is 0 Å². The Morgan fingerprint density at radius 1 is 0.825 bits per heavy atom. The lowest BCUT2D eigenvalue weighted by molar-refractivity contribution is 0.0500. The van der Waals surface area contributed by atoms with Gasteiger partial charge in [0.2, 0.25) is 0 Å². The van der Waals surface area contributed by atoms with Crippen LogP contribution in [-0.4, -0.2) is 32.1 Å². The lowest BCUT2D eigenvalue weighted by Crippen LogP contribution is -2.09. The predicted molar refractivity (Wildman–Crippen MR) is 153 cm³/mol. The van der Waals surface area contributed by atoms with Crippen molar-refractivity contribution in [2.75, 3.05) is 19.8 Å². The van der Waals surface area contributed by atoms with Crippen LogP contribution in [0.25, 0.3) is 33.4 Å². The van der Waals surface area contributed by atoms with Crippen LogP contribution in [0.3, 0.4) is 0 Å². The van der Waals surface area contributed by atoms with E-state index in [-0.39, 0.29) is 12.0 Å². The van der Waals surface area contributed by atoms with Gasteiger partial charge < -0.3 is 18.6 Å². The van der Waals surface area contributed by atoms with Gasteiger partial charge in [-0.3, -0.25) is 9.59 Å². The van der Waals surface area contributed by atoms with Crippen LogP contribution in [0.1, 0.15) is 40.5 Å². The lowest BCUT2D eigenvalue weighted by Gasteiger charge is -2.18. The number of esters is 1. The molecule has 40 heavy (non-hydrogen) atoms. The van der Waals surface area contributed by atoms with Crippen LogP contribution in [0.15, 0.2) is 94.1 Å². The predicted octanol–water partition coefficient (Wildman–Crippen LogP) is 6.79. The second-order valence-corrected chi connectivity index (χ2v) is 9.21. The topological polar surface area (TPSA) is 92.0 Å². The Balaban J connectivity index is 1.46. The Morgan fingerprint density at radius 3 is 2.35 bits per heavy atom. The SMILES string of the molecule is CCCCOC(=O)c1ccccc1-c1c2ccc(=O)cc-2oc2cc(OCCOc3ccc(C=O)cc3)ccc12. The maximum Gasteiger partial charge on any atom is 0.338 e. The molecule has 7 heteroatoms. The molecule has 0 spiro atoms. The van der Waals surface area contributed by atoms with Gasteiger partial charge >= 0.3 is 5.97 Å². The highest BCUT2D eigenvalue weighted by atomic mass is 16.5. The molecule has 1 aliphatic carbocycles. The number of rotatable bonds is 11. The zero-order chi connectivity index (χ0) is 27.9. The Morgan fingerprint density at radius 2 is 1.57 bits per heavy atom. The molecule has 3 aromatic carbocycles. The number of carbonyl (C=O) groups is 2. The van der Waals surface area contributed by atoms with Gasteiger partial charge in [0.05, 0.1) is 12.2 Å². The summed E-state index contributed by atoms with van der Waals surface area (Å²) in [6, 6.07) is 24.2. The van der Waals surface area contributed by atoms with Crippen molar-refractivity contribution in [3.05, 3.63) is 106 Å². The molecular formula is C33H28O7. The monoisotopic (exact) mass is 536 g/mol. The fourth-order valence-electron chi connectivity index (χ4n) is 4.46. The molecule has 0 aromatic heterocycles. The van der Waals surface area contributed by atoms with Crippen molar-refractivity contribution in [3.63, 3.8) is 0 Å². The molecule has 0 saturated carbocycles. The highest BCUT2D eigenvalue weighted by Crippen LogP contribution is 2.42. The van der Waals surface area contributed by atoms with E-state index in [2.05, 4.69) is 0 Å². The third-order valence-corrected chi connectivity index (χ3v) is 6.45. The van der Waals surface area contributed by atoms with E-state index in [1.54, 1.807) is 48.5 Å². The second kappa shape index (κ2) is 12.3. The molecule has 0 unspecified atom stereocenters. The van der Waals surface area contributed by atoms with Crippen LogP contribution in [0.4, 0.5) is 0 Å². The summed E-state index contributed by atoms with van der Waals surface area (Å²) in [5.41, 5.74) is 3.52. The molecule has 0 fully saturated rings. The first-order chi connectivity index (χ1) is 19.6. The van der Waals surface area contributed by atoms with Gasteiger partial charge in [0, 0.05) is 34.2 Å². The zero-order valence-electron chi connectivity index (χ0n) is 22.1. The number of carbonyl (C=O) groups excluding carboxylic acids is 2. The first kappa shape index (κ1) is 26.7. The van der Waals surface area contributed by atoms with Gasteiger partial charge in [0.25, 0.3) is 0 Å². The molecule has 1 heterocycles. The Kier molecular flexibility index (Phi) is 8.21. The number of hydrogen-bond acceptors (Lipinski definition) is 7. The minimum absolute atomic E-state index is 0.181. The smallest absolute Gasteiger partial charge is 0.338 e. The summed E-state index contributed by atoms with van der Waals surface area (Å²) < 4.78 is 23.3. The van der Waals surface area contributed by atoms with E-state index in [1.165, 1.54) is 12.1 Å². The first-order valence-corrected chi connectivity index (χ1v) is 13.2. The molecule has 5 rings (SSSR count). The van der Waals surface area contributed by atoms with Crippen molar-refractivity contribution < 1.29 is 28.2 Å². The van der Waals surface area contributed by atoms with Gasteiger partial charge in [-0.05, 0) is 66.6 Å². The van der Waals surface area contributed by atoms with Gasteiger partial charge in [-0.1, -0.05) is 31.5 Å². The quantitative estimate of drug-likeness (QED) is 0.0794. The summed E-state index contributed by atoms with van der Waals surface area (Å²) in [4.78, 5) is 36.0. The van der Waals surface area contributed by atoms with Crippen LogP contribution in [0, 0.1) is 0 Å². The Hall–Kier alpha value is -4.91. The highest BCUT2D eigenvalue weighted by Gasteiger charge is 2.22. The van der Waals surface area contributed by atoms with Crippen LogP contribution < -0.4 is 14.9 Å². The Labute approximate surface area is 231 Å². The summed E-state index contributed by atoms with van der Waals surface area (Å²) in [6.45, 7) is 2.96. The first-order valence-electron chi connectivity index (χ1n) is 13.2. The largest absolute Gasteiger partial charge is 0.490 e. The molecular weight excluding hydrogens is 508 g/mol. The van der Waals surface area contributed by atoms with Crippen molar-refractivity contribution in [1.29, 1.82) is 0 Å². The van der Waals surface area contributed by atoms with E-state index in [0.717, 1.165) is 30.1 Å². The average molecular weight is 537 g/mol. The number of unbranched alkanes of at least 4 members (excludes halogenated alkanes) is 1. The number of fused-ring (bicyclic) bond motifs is 2. The molecule has 0 radical (unpaired) electrons. The highest BCUT2D eigenvalue weighted by molar-refractivity contribution is 6.07. The molecule has 0 bridgehead atoms. The van der Waals surface area contributed by atoms with Crippen LogP contribution in [-0.2, 0) is 4.74 Å². The Bertz CT molecular complexity index is 1670. The third-order valence-electron chi connectivity index (χ3n) is 6.45. The van der Waals surface area contributed by atoms with E-state index in [0.29, 0.717) is 58.3 Å². The van der Waals surface area contributed by atoms with Crippen LogP contribution in [0.5, 0.6) is 11.5 Å². The second-order valence-electron chi connectivity index (χ2n) is 9.21. The number of benzene rings is 4. The molecule has 2 aliphatic rings. The van der Waals surface area contributed by atoms with Gasteiger partial charge in [0.1, 0.15) is 42.3 Å². The molecule has 0 saturated heterocycles. The molecule has 7 nitrogen and oxygen atoms in total. The van der Waals surface area contributed by atoms with E-state index in [1.807, 2.05) is 31.2 Å². The summed E-state index contributed by atoms with van der Waals surface area (Å²) >= 11 is 0. The van der Waals surface area contributed by atoms with Crippen LogP contribution >= 0.6 is 0 Å². The summed E-state index contributed by atoms with van der Waals surface area (Å²) in [6.07, 6.45) is 2.49. The average Bonchev–Trinajstić information content (AvgIpc) is 2.98. The van der Waals surface area contributed by atoms with Gasteiger partial charge in [-0.2, -0.15) is 0 Å². The molecule has 3 aromatic rings. The van der Waals surface area contributed by atoms with Gasteiger partial charge in [0.15, 0.2) is 5.43 Å². The minimum Gasteiger partial charge on any atom is -0.490 e. The number of aldehydes is 1. The van der Waals surface area contributed by atoms with E-state index < -0.39 is 5.97 Å². The van der Waals surface area contributed by atoms with Gasteiger partial charge in [-0.25, -0.2) is 4.79 Å². The number of hydrogen-bond donors (Lipinski definition) is 0. The van der Waals surface area contributed by atoms with E-state index in [9.17, 15) is 14.4 Å². The maximum atomic E-state index is 13.0.